The lowest BCUT2D eigenvalue weighted by Gasteiger charge is -2.01. The van der Waals surface area contributed by atoms with Gasteiger partial charge in [0.2, 0.25) is 0 Å². The van der Waals surface area contributed by atoms with Crippen LogP contribution in [-0.2, 0) is 10.5 Å². The van der Waals surface area contributed by atoms with Crippen LogP contribution in [0.3, 0.4) is 0 Å². The normalized spacial score (nSPS) is 30.2. The van der Waals surface area contributed by atoms with Crippen LogP contribution in [0.1, 0.15) is 15.9 Å². The number of benzene rings is 1. The van der Waals surface area contributed by atoms with Gasteiger partial charge < -0.3 is 10.1 Å². The Labute approximate surface area is 69.3 Å². The number of hydrogen-bond acceptors (Lipinski definition) is 2. The maximum absolute atomic E-state index is 11.3. The summed E-state index contributed by atoms with van der Waals surface area (Å²) in [6.45, 7) is 0.607. The van der Waals surface area contributed by atoms with Gasteiger partial charge in [0.05, 0.1) is 0 Å². The second kappa shape index (κ2) is 1.69. The quantitative estimate of drug-likeness (QED) is 0.566. The van der Waals surface area contributed by atoms with E-state index in [0.29, 0.717) is 6.61 Å². The van der Waals surface area contributed by atoms with E-state index in [9.17, 15) is 4.79 Å². The summed E-state index contributed by atoms with van der Waals surface area (Å²) in [6, 6.07) is 7.53. The number of rotatable bonds is 0. The number of epoxide rings is 1. The van der Waals surface area contributed by atoms with Crippen molar-refractivity contribution in [2.24, 2.45) is 0 Å². The molecule has 1 unspecified atom stereocenters. The van der Waals surface area contributed by atoms with Crippen LogP contribution in [0.2, 0.25) is 0 Å². The molecule has 3 rings (SSSR count). The first-order valence-electron chi connectivity index (χ1n) is 3.88. The minimum atomic E-state index is -0.451. The molecule has 12 heavy (non-hydrogen) atoms. The van der Waals surface area contributed by atoms with E-state index in [0.717, 1.165) is 11.1 Å². The monoisotopic (exact) mass is 161 g/mol. The molecule has 3 nitrogen and oxygen atoms in total. The van der Waals surface area contributed by atoms with Crippen LogP contribution in [0.4, 0.5) is 0 Å². The fourth-order valence-corrected chi connectivity index (χ4v) is 1.65. The highest BCUT2D eigenvalue weighted by atomic mass is 16.6. The first-order chi connectivity index (χ1) is 5.82. The van der Waals surface area contributed by atoms with Gasteiger partial charge in [-0.25, -0.2) is 0 Å². The van der Waals surface area contributed by atoms with E-state index in [1.54, 1.807) is 0 Å². The zero-order valence-corrected chi connectivity index (χ0v) is 6.33. The number of carbonyl (C=O) groups is 1. The third-order valence-corrected chi connectivity index (χ3v) is 2.36. The maximum Gasteiger partial charge on any atom is 0.254 e. The molecule has 1 N–H and O–H groups in total. The molecule has 1 spiro atoms. The van der Waals surface area contributed by atoms with Crippen molar-refractivity contribution in [3.63, 3.8) is 0 Å². The summed E-state index contributed by atoms with van der Waals surface area (Å²) in [7, 11) is 0. The van der Waals surface area contributed by atoms with Gasteiger partial charge in [-0.2, -0.15) is 0 Å². The smallest absolute Gasteiger partial charge is 0.254 e. The molecular weight excluding hydrogens is 154 g/mol. The highest BCUT2D eigenvalue weighted by Gasteiger charge is 2.54. The Morgan fingerprint density at radius 3 is 2.92 bits per heavy atom. The summed E-state index contributed by atoms with van der Waals surface area (Å²) in [5.74, 6) is -0.0249. The number of hydrogen-bond donors (Lipinski definition) is 1. The Bertz CT molecular complexity index is 369. The molecule has 3 heteroatoms. The zero-order valence-electron chi connectivity index (χ0n) is 6.33. The van der Waals surface area contributed by atoms with Crippen LogP contribution < -0.4 is 5.32 Å². The summed E-state index contributed by atoms with van der Waals surface area (Å²) in [4.78, 5) is 11.3. The lowest BCUT2D eigenvalue weighted by atomic mass is 10.1. The zero-order chi connectivity index (χ0) is 8.18. The second-order valence-corrected chi connectivity index (χ2v) is 3.12. The number of carbonyl (C=O) groups excluding carboxylic acids is 1. The van der Waals surface area contributed by atoms with Gasteiger partial charge in [0, 0.05) is 11.1 Å². The van der Waals surface area contributed by atoms with E-state index in [4.69, 9.17) is 4.74 Å². The van der Waals surface area contributed by atoms with Crippen LogP contribution >= 0.6 is 0 Å². The van der Waals surface area contributed by atoms with Crippen molar-refractivity contribution in [2.45, 2.75) is 5.72 Å². The molecule has 0 aliphatic carbocycles. The predicted octanol–water partition coefficient (Wildman–Crippen LogP) is 0.613. The molecule has 0 aromatic heterocycles. The molecule has 2 heterocycles. The van der Waals surface area contributed by atoms with E-state index in [1.165, 1.54) is 0 Å². The molecule has 1 aromatic carbocycles. The van der Waals surface area contributed by atoms with Gasteiger partial charge in [0.15, 0.2) is 5.72 Å². The molecule has 1 atom stereocenters. The van der Waals surface area contributed by atoms with Gasteiger partial charge in [0.1, 0.15) is 6.61 Å². The van der Waals surface area contributed by atoms with E-state index in [2.05, 4.69) is 5.32 Å². The molecular formula is C9H7NO2. The SMILES string of the molecule is O=C1NC2(CO2)c2ccccc21. The average molecular weight is 161 g/mol. The lowest BCUT2D eigenvalue weighted by Crippen LogP contribution is -2.26. The lowest BCUT2D eigenvalue weighted by molar-refractivity contribution is 0.0925. The summed E-state index contributed by atoms with van der Waals surface area (Å²) in [5, 5.41) is 2.81. The van der Waals surface area contributed by atoms with E-state index in [-0.39, 0.29) is 5.91 Å². The Morgan fingerprint density at radius 1 is 1.42 bits per heavy atom. The number of amides is 1. The predicted molar refractivity (Wildman–Crippen MR) is 41.5 cm³/mol. The number of fused-ring (bicyclic) bond motifs is 2. The standard InChI is InChI=1S/C9H7NO2/c11-8-6-3-1-2-4-7(6)9(10-8)5-12-9/h1-4H,5H2,(H,10,11). The van der Waals surface area contributed by atoms with Gasteiger partial charge in [-0.05, 0) is 6.07 Å². The maximum atomic E-state index is 11.3. The summed E-state index contributed by atoms with van der Waals surface area (Å²) in [5.41, 5.74) is 1.28. The van der Waals surface area contributed by atoms with Gasteiger partial charge in [-0.1, -0.05) is 18.2 Å². The van der Waals surface area contributed by atoms with E-state index in [1.807, 2.05) is 24.3 Å². The molecule has 60 valence electrons. The third-order valence-electron chi connectivity index (χ3n) is 2.36. The fraction of sp³-hybridized carbons (Fsp3) is 0.222. The highest BCUT2D eigenvalue weighted by molar-refractivity contribution is 6.00. The minimum absolute atomic E-state index is 0.0249. The van der Waals surface area contributed by atoms with Crippen LogP contribution in [0, 0.1) is 0 Å². The average Bonchev–Trinajstić information content (AvgIpc) is 2.79. The molecule has 1 aromatic rings. The van der Waals surface area contributed by atoms with Gasteiger partial charge in [-0.15, -0.1) is 0 Å². The third kappa shape index (κ3) is 0.576. The minimum Gasteiger partial charge on any atom is -0.344 e. The molecule has 0 saturated carbocycles. The molecule has 2 aliphatic rings. The van der Waals surface area contributed by atoms with Crippen molar-refractivity contribution < 1.29 is 9.53 Å². The van der Waals surface area contributed by atoms with Crippen molar-refractivity contribution in [3.05, 3.63) is 35.4 Å². The van der Waals surface area contributed by atoms with Crippen LogP contribution in [0.25, 0.3) is 0 Å². The van der Waals surface area contributed by atoms with Gasteiger partial charge in [0.25, 0.3) is 5.91 Å². The number of ether oxygens (including phenoxy) is 1. The number of nitrogens with one attached hydrogen (secondary N) is 1. The molecule has 0 bridgehead atoms. The topological polar surface area (TPSA) is 41.6 Å². The van der Waals surface area contributed by atoms with Crippen molar-refractivity contribution in [1.29, 1.82) is 0 Å². The first kappa shape index (κ1) is 6.20. The summed E-state index contributed by atoms with van der Waals surface area (Å²) in [6.07, 6.45) is 0. The van der Waals surface area contributed by atoms with Crippen molar-refractivity contribution in [3.8, 4) is 0 Å². The van der Waals surface area contributed by atoms with Crippen molar-refractivity contribution >= 4 is 5.91 Å². The van der Waals surface area contributed by atoms with Gasteiger partial charge >= 0.3 is 0 Å². The molecule has 1 amide bonds. The molecule has 1 fully saturated rings. The fourth-order valence-electron chi connectivity index (χ4n) is 1.65. The van der Waals surface area contributed by atoms with Crippen molar-refractivity contribution in [1.82, 2.24) is 5.32 Å². The second-order valence-electron chi connectivity index (χ2n) is 3.12. The van der Waals surface area contributed by atoms with E-state index < -0.39 is 5.72 Å². The Kier molecular flexibility index (Phi) is 0.875. The molecule has 1 saturated heterocycles. The molecule has 0 radical (unpaired) electrons. The Morgan fingerprint density at radius 2 is 2.17 bits per heavy atom. The van der Waals surface area contributed by atoms with Crippen molar-refractivity contribution in [2.75, 3.05) is 6.61 Å². The van der Waals surface area contributed by atoms with Crippen LogP contribution in [0.5, 0.6) is 0 Å². The van der Waals surface area contributed by atoms with Crippen LogP contribution in [-0.4, -0.2) is 12.5 Å². The summed E-state index contributed by atoms with van der Waals surface area (Å²) < 4.78 is 5.22. The summed E-state index contributed by atoms with van der Waals surface area (Å²) >= 11 is 0. The Balaban J connectivity index is 2.27. The van der Waals surface area contributed by atoms with Crippen LogP contribution in [0.15, 0.2) is 24.3 Å². The van der Waals surface area contributed by atoms with Gasteiger partial charge in [-0.3, -0.25) is 4.79 Å². The van der Waals surface area contributed by atoms with E-state index >= 15 is 0 Å². The molecule has 2 aliphatic heterocycles. The first-order valence-corrected chi connectivity index (χ1v) is 3.88. The highest BCUT2D eigenvalue weighted by Crippen LogP contribution is 2.41. The Hall–Kier alpha value is -1.35. The largest absolute Gasteiger partial charge is 0.344 e.